The summed E-state index contributed by atoms with van der Waals surface area (Å²) in [5.74, 6) is -0.247. The third-order valence-electron chi connectivity index (χ3n) is 4.06. The van der Waals surface area contributed by atoms with Crippen molar-refractivity contribution < 1.29 is 13.2 Å². The van der Waals surface area contributed by atoms with E-state index in [1.165, 1.54) is 20.2 Å². The van der Waals surface area contributed by atoms with Crippen molar-refractivity contribution >= 4 is 27.3 Å². The van der Waals surface area contributed by atoms with Crippen molar-refractivity contribution in [2.75, 3.05) is 31.3 Å². The van der Waals surface area contributed by atoms with Crippen LogP contribution in [-0.4, -0.2) is 39.3 Å². The fourth-order valence-corrected chi connectivity index (χ4v) is 3.60. The lowest BCUT2D eigenvalue weighted by molar-refractivity contribution is -0.114. The van der Waals surface area contributed by atoms with Gasteiger partial charge in [-0.2, -0.15) is 0 Å². The zero-order chi connectivity index (χ0) is 19.5. The zero-order valence-electron chi connectivity index (χ0n) is 15.8. The Morgan fingerprint density at radius 2 is 1.65 bits per heavy atom. The maximum Gasteiger partial charge on any atom is 0.243 e. The van der Waals surface area contributed by atoms with E-state index < -0.39 is 10.0 Å². The third kappa shape index (κ3) is 4.62. The highest BCUT2D eigenvalue weighted by molar-refractivity contribution is 7.89. The summed E-state index contributed by atoms with van der Waals surface area (Å²) in [6.07, 6.45) is 0. The van der Waals surface area contributed by atoms with Crippen LogP contribution in [-0.2, 0) is 14.8 Å². The summed E-state index contributed by atoms with van der Waals surface area (Å²) in [4.78, 5) is 12.4. The minimum absolute atomic E-state index is 0.0912. The Hall–Kier alpha value is -2.38. The van der Waals surface area contributed by atoms with Crippen LogP contribution in [0.3, 0.4) is 0 Å². The first kappa shape index (κ1) is 19.9. The van der Waals surface area contributed by atoms with Crippen molar-refractivity contribution in [3.8, 4) is 0 Å². The number of aryl methyl sites for hydroxylation is 3. The molecule has 0 atom stereocenters. The second kappa shape index (κ2) is 7.88. The molecule has 2 rings (SSSR count). The fraction of sp³-hybridized carbons (Fsp3) is 0.316. The molecule has 0 bridgehead atoms. The third-order valence-corrected chi connectivity index (χ3v) is 6.02. The van der Waals surface area contributed by atoms with E-state index in [1.807, 2.05) is 32.0 Å². The van der Waals surface area contributed by atoms with E-state index >= 15 is 0 Å². The van der Waals surface area contributed by atoms with E-state index in [4.69, 9.17) is 0 Å². The lowest BCUT2D eigenvalue weighted by atomic mass is 10.1. The molecule has 2 N–H and O–H groups in total. The molecule has 0 aliphatic rings. The van der Waals surface area contributed by atoms with Gasteiger partial charge in [-0.25, -0.2) is 12.7 Å². The van der Waals surface area contributed by atoms with Crippen LogP contribution in [0, 0.1) is 20.8 Å². The number of anilines is 2. The van der Waals surface area contributed by atoms with Gasteiger partial charge in [0.15, 0.2) is 0 Å². The van der Waals surface area contributed by atoms with Gasteiger partial charge in [0.25, 0.3) is 0 Å². The Bertz CT molecular complexity index is 922. The molecule has 1 amide bonds. The zero-order valence-corrected chi connectivity index (χ0v) is 16.6. The molecule has 0 saturated carbocycles. The summed E-state index contributed by atoms with van der Waals surface area (Å²) in [5, 5.41) is 5.85. The average molecular weight is 375 g/mol. The highest BCUT2D eigenvalue weighted by atomic mass is 32.2. The molecule has 0 unspecified atom stereocenters. The Labute approximate surface area is 155 Å². The molecule has 0 spiro atoms. The van der Waals surface area contributed by atoms with Gasteiger partial charge in [-0.1, -0.05) is 18.2 Å². The predicted octanol–water partition coefficient (Wildman–Crippen LogP) is 2.91. The molecule has 0 saturated heterocycles. The molecular formula is C19H25N3O3S. The second-order valence-corrected chi connectivity index (χ2v) is 8.61. The van der Waals surface area contributed by atoms with E-state index in [2.05, 4.69) is 10.6 Å². The maximum absolute atomic E-state index is 12.4. The van der Waals surface area contributed by atoms with Crippen molar-refractivity contribution in [2.45, 2.75) is 25.7 Å². The van der Waals surface area contributed by atoms with Gasteiger partial charge in [-0.05, 0) is 55.7 Å². The van der Waals surface area contributed by atoms with Crippen LogP contribution < -0.4 is 10.6 Å². The molecular weight excluding hydrogens is 350 g/mol. The first-order valence-electron chi connectivity index (χ1n) is 8.25. The number of nitrogens with one attached hydrogen (secondary N) is 2. The van der Waals surface area contributed by atoms with Crippen LogP contribution in [0.15, 0.2) is 41.3 Å². The summed E-state index contributed by atoms with van der Waals surface area (Å²) >= 11 is 0. The first-order chi connectivity index (χ1) is 12.1. The molecule has 0 fully saturated rings. The molecule has 0 heterocycles. The average Bonchev–Trinajstić information content (AvgIpc) is 2.57. The van der Waals surface area contributed by atoms with Gasteiger partial charge < -0.3 is 10.6 Å². The van der Waals surface area contributed by atoms with Crippen LogP contribution in [0.2, 0.25) is 0 Å². The van der Waals surface area contributed by atoms with E-state index in [1.54, 1.807) is 19.1 Å². The molecule has 0 aromatic heterocycles. The van der Waals surface area contributed by atoms with Crippen LogP contribution in [0.5, 0.6) is 0 Å². The number of sulfonamides is 1. The van der Waals surface area contributed by atoms with E-state index in [-0.39, 0.29) is 17.3 Å². The van der Waals surface area contributed by atoms with E-state index in [0.717, 1.165) is 21.1 Å². The lowest BCUT2D eigenvalue weighted by Crippen LogP contribution is -2.24. The summed E-state index contributed by atoms with van der Waals surface area (Å²) in [6.45, 7) is 5.78. The number of hydrogen-bond donors (Lipinski definition) is 2. The Morgan fingerprint density at radius 1 is 1.00 bits per heavy atom. The number of benzene rings is 2. The standard InChI is InChI=1S/C19H25N3O3S/c1-13-6-7-14(2)17(10-13)20-12-19(23)21-16-9-8-15(3)18(11-16)26(24,25)22(4)5/h6-11,20H,12H2,1-5H3,(H,21,23). The van der Waals surface area contributed by atoms with Crippen LogP contribution in [0.1, 0.15) is 16.7 Å². The second-order valence-electron chi connectivity index (χ2n) is 6.49. The number of carbonyl (C=O) groups is 1. The summed E-state index contributed by atoms with van der Waals surface area (Å²) in [5.41, 5.74) is 4.14. The van der Waals surface area contributed by atoms with Crippen molar-refractivity contribution in [2.24, 2.45) is 0 Å². The molecule has 0 radical (unpaired) electrons. The molecule has 2 aromatic rings. The smallest absolute Gasteiger partial charge is 0.243 e. The number of carbonyl (C=O) groups excluding carboxylic acids is 1. The number of rotatable bonds is 6. The number of hydrogen-bond acceptors (Lipinski definition) is 4. The summed E-state index contributed by atoms with van der Waals surface area (Å²) < 4.78 is 25.9. The van der Waals surface area contributed by atoms with Crippen LogP contribution in [0.25, 0.3) is 0 Å². The molecule has 7 heteroatoms. The monoisotopic (exact) mass is 375 g/mol. The Morgan fingerprint density at radius 3 is 2.31 bits per heavy atom. The van der Waals surface area contributed by atoms with Gasteiger partial charge in [-0.15, -0.1) is 0 Å². The topological polar surface area (TPSA) is 78.5 Å². The molecule has 0 aliphatic carbocycles. The first-order valence-corrected chi connectivity index (χ1v) is 9.69. The highest BCUT2D eigenvalue weighted by Gasteiger charge is 2.20. The maximum atomic E-state index is 12.4. The molecule has 26 heavy (non-hydrogen) atoms. The van der Waals surface area contributed by atoms with Gasteiger partial charge in [0.05, 0.1) is 11.4 Å². The lowest BCUT2D eigenvalue weighted by Gasteiger charge is -2.15. The molecule has 0 aliphatic heterocycles. The largest absolute Gasteiger partial charge is 0.376 e. The minimum atomic E-state index is -3.57. The van der Waals surface area contributed by atoms with Crippen LogP contribution >= 0.6 is 0 Å². The van der Waals surface area contributed by atoms with Gasteiger partial charge in [0, 0.05) is 25.5 Å². The van der Waals surface area contributed by atoms with Crippen molar-refractivity contribution in [3.63, 3.8) is 0 Å². The summed E-state index contributed by atoms with van der Waals surface area (Å²) in [6, 6.07) is 10.9. The Balaban J connectivity index is 2.11. The Kier molecular flexibility index (Phi) is 6.05. The van der Waals surface area contributed by atoms with Crippen molar-refractivity contribution in [1.82, 2.24) is 4.31 Å². The SMILES string of the molecule is Cc1ccc(C)c(NCC(=O)Nc2ccc(C)c(S(=O)(=O)N(C)C)c2)c1. The normalized spacial score (nSPS) is 11.5. The van der Waals surface area contributed by atoms with Gasteiger partial charge in [0.2, 0.25) is 15.9 Å². The highest BCUT2D eigenvalue weighted by Crippen LogP contribution is 2.22. The minimum Gasteiger partial charge on any atom is -0.376 e. The van der Waals surface area contributed by atoms with E-state index in [0.29, 0.717) is 11.3 Å². The van der Waals surface area contributed by atoms with E-state index in [9.17, 15) is 13.2 Å². The molecule has 2 aromatic carbocycles. The molecule has 6 nitrogen and oxygen atoms in total. The number of amides is 1. The molecule has 140 valence electrons. The van der Waals surface area contributed by atoms with Gasteiger partial charge in [-0.3, -0.25) is 4.79 Å². The van der Waals surface area contributed by atoms with Gasteiger partial charge in [0.1, 0.15) is 0 Å². The summed E-state index contributed by atoms with van der Waals surface area (Å²) in [7, 11) is -0.605. The number of nitrogens with zero attached hydrogens (tertiary/aromatic N) is 1. The fourth-order valence-electron chi connectivity index (χ4n) is 2.46. The van der Waals surface area contributed by atoms with Crippen molar-refractivity contribution in [3.05, 3.63) is 53.1 Å². The van der Waals surface area contributed by atoms with Crippen LogP contribution in [0.4, 0.5) is 11.4 Å². The predicted molar refractivity (Wildman–Crippen MR) is 105 cm³/mol. The van der Waals surface area contributed by atoms with Gasteiger partial charge >= 0.3 is 0 Å². The van der Waals surface area contributed by atoms with Crippen molar-refractivity contribution in [1.29, 1.82) is 0 Å². The quantitative estimate of drug-likeness (QED) is 0.814.